The number of ether oxygens (including phenoxy) is 2. The van der Waals surface area contributed by atoms with E-state index in [9.17, 15) is 4.79 Å². The van der Waals surface area contributed by atoms with Gasteiger partial charge in [-0.15, -0.1) is 0 Å². The van der Waals surface area contributed by atoms with Gasteiger partial charge in [0, 0.05) is 12.1 Å². The number of nitrogens with one attached hydrogen (secondary N) is 1. The fourth-order valence-corrected chi connectivity index (χ4v) is 2.77. The number of benzene rings is 2. The Morgan fingerprint density at radius 3 is 2.36 bits per heavy atom. The maximum atomic E-state index is 12.5. The van der Waals surface area contributed by atoms with Crippen LogP contribution in [-0.2, 0) is 0 Å². The summed E-state index contributed by atoms with van der Waals surface area (Å²) in [6, 6.07) is 13.4. The molecule has 0 aromatic heterocycles. The zero-order valence-corrected chi connectivity index (χ0v) is 15.5. The van der Waals surface area contributed by atoms with Crippen molar-refractivity contribution in [2.45, 2.75) is 13.0 Å². The van der Waals surface area contributed by atoms with Crippen LogP contribution in [0.15, 0.2) is 42.5 Å². The lowest BCUT2D eigenvalue weighted by Crippen LogP contribution is -2.34. The van der Waals surface area contributed by atoms with Gasteiger partial charge in [0.25, 0.3) is 5.91 Å². The van der Waals surface area contributed by atoms with Crippen molar-refractivity contribution >= 4 is 5.91 Å². The molecule has 1 atom stereocenters. The molecule has 0 bridgehead atoms. The Balaban J connectivity index is 2.16. The van der Waals surface area contributed by atoms with Gasteiger partial charge in [-0.3, -0.25) is 4.79 Å². The summed E-state index contributed by atoms with van der Waals surface area (Å²) >= 11 is 0. The molecular formula is C20H26N2O3. The van der Waals surface area contributed by atoms with Crippen LogP contribution >= 0.6 is 0 Å². The van der Waals surface area contributed by atoms with Crippen molar-refractivity contribution in [2.24, 2.45) is 0 Å². The minimum Gasteiger partial charge on any atom is -0.493 e. The van der Waals surface area contributed by atoms with Gasteiger partial charge in [-0.1, -0.05) is 24.3 Å². The SMILES string of the molecule is COc1ccc(C(CNC(=O)c2ccccc2C)N(C)C)cc1OC. The van der Waals surface area contributed by atoms with Crippen LogP contribution in [-0.4, -0.2) is 45.7 Å². The number of hydrogen-bond donors (Lipinski definition) is 1. The molecule has 1 amide bonds. The van der Waals surface area contributed by atoms with E-state index in [2.05, 4.69) is 10.2 Å². The summed E-state index contributed by atoms with van der Waals surface area (Å²) in [5, 5.41) is 3.03. The molecule has 0 radical (unpaired) electrons. The smallest absolute Gasteiger partial charge is 0.251 e. The van der Waals surface area contributed by atoms with Crippen molar-refractivity contribution in [3.8, 4) is 11.5 Å². The number of aryl methyl sites for hydroxylation is 1. The first-order chi connectivity index (χ1) is 12.0. The highest BCUT2D eigenvalue weighted by Gasteiger charge is 2.18. The van der Waals surface area contributed by atoms with Crippen molar-refractivity contribution in [3.63, 3.8) is 0 Å². The fourth-order valence-electron chi connectivity index (χ4n) is 2.77. The number of nitrogens with zero attached hydrogens (tertiary/aromatic N) is 1. The summed E-state index contributed by atoms with van der Waals surface area (Å²) in [5.41, 5.74) is 2.72. The van der Waals surface area contributed by atoms with Crippen LogP contribution in [0.5, 0.6) is 11.5 Å². The molecule has 0 aliphatic rings. The Hall–Kier alpha value is -2.53. The van der Waals surface area contributed by atoms with Gasteiger partial charge in [-0.25, -0.2) is 0 Å². The normalized spacial score (nSPS) is 11.9. The molecule has 2 rings (SSSR count). The fraction of sp³-hybridized carbons (Fsp3) is 0.350. The van der Waals surface area contributed by atoms with E-state index in [-0.39, 0.29) is 11.9 Å². The molecule has 0 spiro atoms. The number of methoxy groups -OCH3 is 2. The lowest BCUT2D eigenvalue weighted by Gasteiger charge is -2.26. The molecule has 5 nitrogen and oxygen atoms in total. The van der Waals surface area contributed by atoms with Gasteiger partial charge in [0.05, 0.1) is 20.3 Å². The third-order valence-corrected chi connectivity index (χ3v) is 4.26. The van der Waals surface area contributed by atoms with E-state index in [0.717, 1.165) is 11.1 Å². The van der Waals surface area contributed by atoms with Crippen LogP contribution in [0.2, 0.25) is 0 Å². The van der Waals surface area contributed by atoms with E-state index in [1.54, 1.807) is 14.2 Å². The first-order valence-electron chi connectivity index (χ1n) is 8.20. The third-order valence-electron chi connectivity index (χ3n) is 4.26. The van der Waals surface area contributed by atoms with E-state index in [4.69, 9.17) is 9.47 Å². The molecular weight excluding hydrogens is 316 g/mol. The minimum absolute atomic E-state index is 0.0211. The van der Waals surface area contributed by atoms with Crippen LogP contribution in [0.3, 0.4) is 0 Å². The molecule has 0 heterocycles. The molecule has 0 aliphatic heterocycles. The lowest BCUT2D eigenvalue weighted by atomic mass is 10.0. The molecule has 0 saturated carbocycles. The van der Waals surface area contributed by atoms with Crippen LogP contribution < -0.4 is 14.8 Å². The molecule has 0 saturated heterocycles. The number of rotatable bonds is 7. The highest BCUT2D eigenvalue weighted by molar-refractivity contribution is 5.95. The van der Waals surface area contributed by atoms with Gasteiger partial charge in [0.15, 0.2) is 11.5 Å². The second-order valence-electron chi connectivity index (χ2n) is 6.12. The zero-order chi connectivity index (χ0) is 18.4. The topological polar surface area (TPSA) is 50.8 Å². The summed E-state index contributed by atoms with van der Waals surface area (Å²) in [6.07, 6.45) is 0. The maximum absolute atomic E-state index is 12.5. The summed E-state index contributed by atoms with van der Waals surface area (Å²) < 4.78 is 10.7. The quantitative estimate of drug-likeness (QED) is 0.840. The predicted octanol–water partition coefficient (Wildman–Crippen LogP) is 3.04. The highest BCUT2D eigenvalue weighted by Crippen LogP contribution is 2.31. The van der Waals surface area contributed by atoms with Crippen molar-refractivity contribution < 1.29 is 14.3 Å². The first kappa shape index (κ1) is 18.8. The van der Waals surface area contributed by atoms with Gasteiger partial charge in [0.2, 0.25) is 0 Å². The Labute approximate surface area is 149 Å². The second-order valence-corrected chi connectivity index (χ2v) is 6.12. The lowest BCUT2D eigenvalue weighted by molar-refractivity contribution is 0.0941. The number of likely N-dealkylation sites (N-methyl/N-ethyl adjacent to an activating group) is 1. The van der Waals surface area contributed by atoms with Crippen LogP contribution in [0.25, 0.3) is 0 Å². The molecule has 2 aromatic rings. The summed E-state index contributed by atoms with van der Waals surface area (Å²) in [6.45, 7) is 2.43. The Morgan fingerprint density at radius 1 is 1.08 bits per heavy atom. The van der Waals surface area contributed by atoms with E-state index in [1.807, 2.05) is 63.5 Å². The van der Waals surface area contributed by atoms with E-state index < -0.39 is 0 Å². The maximum Gasteiger partial charge on any atom is 0.251 e. The molecule has 0 aliphatic carbocycles. The standard InChI is InChI=1S/C20H26N2O3/c1-14-8-6-7-9-16(14)20(23)21-13-17(22(2)3)15-10-11-18(24-4)19(12-15)25-5/h6-12,17H,13H2,1-5H3,(H,21,23). The van der Waals surface area contributed by atoms with Crippen molar-refractivity contribution in [2.75, 3.05) is 34.9 Å². The van der Waals surface area contributed by atoms with Gasteiger partial charge >= 0.3 is 0 Å². The first-order valence-corrected chi connectivity index (χ1v) is 8.20. The van der Waals surface area contributed by atoms with Gasteiger partial charge < -0.3 is 19.7 Å². The van der Waals surface area contributed by atoms with Gasteiger partial charge in [-0.05, 0) is 50.3 Å². The van der Waals surface area contributed by atoms with Gasteiger partial charge in [-0.2, -0.15) is 0 Å². The predicted molar refractivity (Wildman–Crippen MR) is 99.5 cm³/mol. The Bertz CT molecular complexity index is 729. The van der Waals surface area contributed by atoms with Crippen LogP contribution in [0, 0.1) is 6.92 Å². The number of carbonyl (C=O) groups excluding carboxylic acids is 1. The Morgan fingerprint density at radius 2 is 1.76 bits per heavy atom. The molecule has 5 heteroatoms. The average Bonchev–Trinajstić information content (AvgIpc) is 2.61. The van der Waals surface area contributed by atoms with Gasteiger partial charge in [0.1, 0.15) is 0 Å². The van der Waals surface area contributed by atoms with E-state index in [0.29, 0.717) is 23.6 Å². The number of amides is 1. The zero-order valence-electron chi connectivity index (χ0n) is 15.5. The molecule has 0 fully saturated rings. The monoisotopic (exact) mass is 342 g/mol. The second kappa shape index (κ2) is 8.53. The number of carbonyl (C=O) groups is 1. The summed E-state index contributed by atoms with van der Waals surface area (Å²) in [5.74, 6) is 1.30. The molecule has 1 unspecified atom stereocenters. The van der Waals surface area contributed by atoms with Crippen LogP contribution in [0.1, 0.15) is 27.5 Å². The van der Waals surface area contributed by atoms with Crippen molar-refractivity contribution in [1.82, 2.24) is 10.2 Å². The molecule has 134 valence electrons. The van der Waals surface area contributed by atoms with Crippen molar-refractivity contribution in [1.29, 1.82) is 0 Å². The summed E-state index contributed by atoms with van der Waals surface area (Å²) in [4.78, 5) is 14.5. The van der Waals surface area contributed by atoms with E-state index >= 15 is 0 Å². The Kier molecular flexibility index (Phi) is 6.42. The molecule has 1 N–H and O–H groups in total. The molecule has 25 heavy (non-hydrogen) atoms. The highest BCUT2D eigenvalue weighted by atomic mass is 16.5. The minimum atomic E-state index is -0.0644. The number of hydrogen-bond acceptors (Lipinski definition) is 4. The largest absolute Gasteiger partial charge is 0.493 e. The van der Waals surface area contributed by atoms with Crippen molar-refractivity contribution in [3.05, 3.63) is 59.2 Å². The molecule has 2 aromatic carbocycles. The van der Waals surface area contributed by atoms with E-state index in [1.165, 1.54) is 0 Å². The third kappa shape index (κ3) is 4.51. The van der Waals surface area contributed by atoms with Crippen LogP contribution in [0.4, 0.5) is 0 Å². The average molecular weight is 342 g/mol. The summed E-state index contributed by atoms with van der Waals surface area (Å²) in [7, 11) is 7.21.